The molecule has 0 spiro atoms. The Morgan fingerprint density at radius 3 is 2.11 bits per heavy atom. The van der Waals surface area contributed by atoms with Crippen molar-refractivity contribution in [2.75, 3.05) is 6.54 Å². The molecule has 15 heteroatoms. The molecule has 0 bridgehead atoms. The van der Waals surface area contributed by atoms with E-state index in [9.17, 15) is 40.3 Å². The molecule has 3 N–H and O–H groups in total. The van der Waals surface area contributed by atoms with Crippen molar-refractivity contribution in [3.05, 3.63) is 73.4 Å². The number of urea groups is 1. The molecule has 3 amide bonds. The average Bonchev–Trinajstić information content (AvgIpc) is 2.73. The second kappa shape index (κ2) is 11.5. The minimum atomic E-state index is -4.77. The molecule has 0 fully saturated rings. The van der Waals surface area contributed by atoms with Crippen molar-refractivity contribution >= 4 is 57.1 Å². The second-order valence-corrected chi connectivity index (χ2v) is 8.46. The first-order valence-electron chi connectivity index (χ1n) is 9.18. The van der Waals surface area contributed by atoms with E-state index in [2.05, 4.69) is 15.9 Å². The molecule has 0 aliphatic rings. The largest absolute Gasteiger partial charge is 0.405 e. The fourth-order valence-corrected chi connectivity index (χ4v) is 3.68. The van der Waals surface area contributed by atoms with Crippen LogP contribution in [0.15, 0.2) is 40.9 Å². The minimum absolute atomic E-state index is 0.0808. The first-order chi connectivity index (χ1) is 16.1. The molecule has 1 unspecified atom stereocenters. The van der Waals surface area contributed by atoms with Gasteiger partial charge in [0.15, 0.2) is 5.82 Å². The minimum Gasteiger partial charge on any atom is -0.328 e. The third-order valence-electron chi connectivity index (χ3n) is 4.18. The molecular weight excluding hydrogens is 598 g/mol. The molecule has 0 aliphatic heterocycles. The molecule has 5 nitrogen and oxygen atoms in total. The van der Waals surface area contributed by atoms with Gasteiger partial charge in [0.2, 0.25) is 0 Å². The molecule has 0 aliphatic carbocycles. The number of hydrazine groups is 1. The normalized spacial score (nSPS) is 13.0. The van der Waals surface area contributed by atoms with Gasteiger partial charge in [-0.25, -0.2) is 14.6 Å². The summed E-state index contributed by atoms with van der Waals surface area (Å²) in [6, 6.07) is 4.07. The summed E-state index contributed by atoms with van der Waals surface area (Å²) < 4.78 is 90.7. The van der Waals surface area contributed by atoms with Crippen LogP contribution in [0.2, 0.25) is 10.0 Å². The number of allylic oxidation sites excluding steroid dienone is 1. The zero-order valence-corrected chi connectivity index (χ0v) is 20.0. The molecule has 0 saturated carbocycles. The Morgan fingerprint density at radius 2 is 1.60 bits per heavy atom. The number of hydrogen-bond acceptors (Lipinski definition) is 2. The summed E-state index contributed by atoms with van der Waals surface area (Å²) in [5, 5.41) is 0.326. The van der Waals surface area contributed by atoms with Crippen molar-refractivity contribution in [1.82, 2.24) is 16.2 Å². The Bertz CT molecular complexity index is 1120. The monoisotopic (exact) mass is 609 g/mol. The van der Waals surface area contributed by atoms with Crippen molar-refractivity contribution in [2.24, 2.45) is 0 Å². The Balaban J connectivity index is 2.15. The highest BCUT2D eigenvalue weighted by molar-refractivity contribution is 9.10. The van der Waals surface area contributed by atoms with Gasteiger partial charge in [-0.2, -0.15) is 26.3 Å². The fraction of sp³-hybridized carbons (Fsp3) is 0.200. The third-order valence-corrected chi connectivity index (χ3v) is 5.38. The first-order valence-corrected chi connectivity index (χ1v) is 10.7. The van der Waals surface area contributed by atoms with Gasteiger partial charge >= 0.3 is 18.4 Å². The maximum Gasteiger partial charge on any atom is 0.405 e. The Morgan fingerprint density at radius 1 is 1.00 bits per heavy atom. The Hall–Kier alpha value is -2.51. The standard InChI is InChI=1S/C20H13BrCl2F7N3O2/c21-13-5-9(1-3-11(13)17(34)32-33-18(35)31-8-19(25,26)27)2-4-12(20(28,29)30)10-6-14(22)16(24)15(23)7-10/h1-7,12H,8H2,(H,32,34)(H2,31,33,35)/b4-2+. The lowest BCUT2D eigenvalue weighted by atomic mass is 9.97. The van der Waals surface area contributed by atoms with Gasteiger partial charge in [0.25, 0.3) is 5.91 Å². The van der Waals surface area contributed by atoms with Crippen molar-refractivity contribution in [1.29, 1.82) is 0 Å². The number of halogens is 10. The van der Waals surface area contributed by atoms with Crippen molar-refractivity contribution in [3.8, 4) is 0 Å². The van der Waals surface area contributed by atoms with E-state index in [1.165, 1.54) is 23.5 Å². The summed E-state index contributed by atoms with van der Waals surface area (Å²) in [6.45, 7) is -1.62. The molecular formula is C20H13BrCl2F7N3O2. The van der Waals surface area contributed by atoms with Crippen LogP contribution in [-0.4, -0.2) is 30.8 Å². The SMILES string of the molecule is O=C(NCC(F)(F)F)NNC(=O)c1ccc(/C=C/C(c2cc(Cl)c(F)c(Cl)c2)C(F)(F)F)cc1Br. The lowest BCUT2D eigenvalue weighted by Crippen LogP contribution is -2.49. The summed E-state index contributed by atoms with van der Waals surface area (Å²) in [5.41, 5.74) is 3.35. The molecule has 2 aromatic carbocycles. The average molecular weight is 611 g/mol. The molecule has 0 aromatic heterocycles. The second-order valence-electron chi connectivity index (χ2n) is 6.79. The van der Waals surface area contributed by atoms with Crippen LogP contribution in [0, 0.1) is 5.82 Å². The summed E-state index contributed by atoms with van der Waals surface area (Å²) in [7, 11) is 0. The molecule has 0 heterocycles. The highest BCUT2D eigenvalue weighted by Gasteiger charge is 2.39. The number of hydrogen-bond donors (Lipinski definition) is 3. The Labute approximate surface area is 211 Å². The van der Waals surface area contributed by atoms with Gasteiger partial charge in [-0.1, -0.05) is 41.4 Å². The molecule has 0 saturated heterocycles. The van der Waals surface area contributed by atoms with Crippen LogP contribution in [-0.2, 0) is 0 Å². The van der Waals surface area contributed by atoms with Gasteiger partial charge < -0.3 is 5.32 Å². The van der Waals surface area contributed by atoms with E-state index in [4.69, 9.17) is 23.2 Å². The summed E-state index contributed by atoms with van der Waals surface area (Å²) in [6.07, 6.45) is -7.53. The number of alkyl halides is 6. The van der Waals surface area contributed by atoms with E-state index in [-0.39, 0.29) is 15.6 Å². The number of carbonyl (C=O) groups excluding carboxylic acids is 2. The molecule has 1 atom stereocenters. The number of amides is 3. The predicted molar refractivity (Wildman–Crippen MR) is 118 cm³/mol. The maximum atomic E-state index is 13.6. The number of benzene rings is 2. The highest BCUT2D eigenvalue weighted by Crippen LogP contribution is 2.39. The lowest BCUT2D eigenvalue weighted by Gasteiger charge is -2.18. The van der Waals surface area contributed by atoms with Gasteiger partial charge in [0.05, 0.1) is 21.5 Å². The van der Waals surface area contributed by atoms with E-state index < -0.39 is 58.2 Å². The van der Waals surface area contributed by atoms with Gasteiger partial charge in [-0.15, -0.1) is 0 Å². The quantitative estimate of drug-likeness (QED) is 0.199. The van der Waals surface area contributed by atoms with E-state index in [1.807, 2.05) is 5.43 Å². The molecule has 190 valence electrons. The van der Waals surface area contributed by atoms with Crippen molar-refractivity contribution in [2.45, 2.75) is 18.3 Å². The summed E-state index contributed by atoms with van der Waals surface area (Å²) >= 11 is 14.3. The third kappa shape index (κ3) is 8.58. The van der Waals surface area contributed by atoms with Crippen molar-refractivity contribution < 1.29 is 40.3 Å². The fourth-order valence-electron chi connectivity index (χ4n) is 2.60. The van der Waals surface area contributed by atoms with E-state index in [0.29, 0.717) is 0 Å². The Kier molecular flexibility index (Phi) is 9.42. The highest BCUT2D eigenvalue weighted by atomic mass is 79.9. The molecule has 2 rings (SSSR count). The van der Waals surface area contributed by atoms with Gasteiger partial charge in [0, 0.05) is 4.47 Å². The zero-order valence-electron chi connectivity index (χ0n) is 16.9. The molecule has 2 aromatic rings. The van der Waals surface area contributed by atoms with Gasteiger partial charge in [0.1, 0.15) is 6.54 Å². The van der Waals surface area contributed by atoms with E-state index >= 15 is 0 Å². The summed E-state index contributed by atoms with van der Waals surface area (Å²) in [4.78, 5) is 23.4. The van der Waals surface area contributed by atoms with Crippen LogP contribution in [0.1, 0.15) is 27.4 Å². The molecule has 0 radical (unpaired) electrons. The first kappa shape index (κ1) is 28.7. The maximum absolute atomic E-state index is 13.6. The van der Waals surface area contributed by atoms with Crippen LogP contribution in [0.3, 0.4) is 0 Å². The predicted octanol–water partition coefficient (Wildman–Crippen LogP) is 6.76. The van der Waals surface area contributed by atoms with Crippen LogP contribution in [0.25, 0.3) is 6.08 Å². The summed E-state index contributed by atoms with van der Waals surface area (Å²) in [5.74, 6) is -4.15. The van der Waals surface area contributed by atoms with Crippen LogP contribution < -0.4 is 16.2 Å². The topological polar surface area (TPSA) is 70.2 Å². The van der Waals surface area contributed by atoms with Gasteiger partial charge in [-0.3, -0.25) is 10.2 Å². The zero-order chi connectivity index (χ0) is 26.6. The molecule has 35 heavy (non-hydrogen) atoms. The number of carbonyl (C=O) groups is 2. The van der Waals surface area contributed by atoms with Crippen LogP contribution >= 0.6 is 39.1 Å². The van der Waals surface area contributed by atoms with Crippen LogP contribution in [0.4, 0.5) is 35.5 Å². The van der Waals surface area contributed by atoms with Crippen molar-refractivity contribution in [3.63, 3.8) is 0 Å². The van der Waals surface area contributed by atoms with E-state index in [1.54, 1.807) is 5.43 Å². The smallest absolute Gasteiger partial charge is 0.328 e. The van der Waals surface area contributed by atoms with E-state index in [0.717, 1.165) is 24.3 Å². The van der Waals surface area contributed by atoms with Crippen LogP contribution in [0.5, 0.6) is 0 Å². The number of nitrogens with one attached hydrogen (secondary N) is 3. The van der Waals surface area contributed by atoms with Gasteiger partial charge in [-0.05, 0) is 51.3 Å². The lowest BCUT2D eigenvalue weighted by molar-refractivity contribution is -0.139. The number of rotatable bonds is 5.